The van der Waals surface area contributed by atoms with E-state index in [-0.39, 0.29) is 11.4 Å². The lowest BCUT2D eigenvalue weighted by Gasteiger charge is -2.13. The van der Waals surface area contributed by atoms with Gasteiger partial charge in [-0.15, -0.1) is 0 Å². The second kappa shape index (κ2) is 5.03. The van der Waals surface area contributed by atoms with Crippen LogP contribution in [-0.4, -0.2) is 26.2 Å². The molecule has 0 amide bonds. The number of aliphatic hydroxyl groups excluding tert-OH is 1. The summed E-state index contributed by atoms with van der Waals surface area (Å²) >= 11 is 0. The second-order valence-electron chi connectivity index (χ2n) is 4.12. The summed E-state index contributed by atoms with van der Waals surface area (Å²) < 4.78 is 26.2. The molecule has 0 aliphatic heterocycles. The summed E-state index contributed by atoms with van der Waals surface area (Å²) in [6.07, 6.45) is -0.729. The van der Waals surface area contributed by atoms with Gasteiger partial charge in [0.15, 0.2) is 0 Å². The van der Waals surface area contributed by atoms with Crippen LogP contribution in [0.15, 0.2) is 17.0 Å². The first kappa shape index (κ1) is 14.0. The van der Waals surface area contributed by atoms with Crippen molar-refractivity contribution in [3.05, 3.63) is 23.3 Å². The molecule has 17 heavy (non-hydrogen) atoms. The van der Waals surface area contributed by atoms with E-state index >= 15 is 0 Å². The molecule has 6 heteroatoms. The van der Waals surface area contributed by atoms with E-state index in [0.29, 0.717) is 11.3 Å². The zero-order valence-electron chi connectivity index (χ0n) is 10.2. The number of hydrogen-bond acceptors (Lipinski definition) is 4. The number of aliphatic hydroxyl groups is 1. The Hall–Kier alpha value is -1.11. The molecule has 4 N–H and O–H groups in total. The largest absolute Gasteiger partial charge is 0.398 e. The van der Waals surface area contributed by atoms with Crippen molar-refractivity contribution in [3.63, 3.8) is 0 Å². The van der Waals surface area contributed by atoms with E-state index in [1.807, 2.05) is 6.92 Å². The van der Waals surface area contributed by atoms with Crippen molar-refractivity contribution in [1.82, 2.24) is 4.72 Å². The maximum absolute atomic E-state index is 11.9. The Morgan fingerprint density at radius 1 is 1.41 bits per heavy atom. The number of benzene rings is 1. The van der Waals surface area contributed by atoms with Crippen LogP contribution in [0.3, 0.4) is 0 Å². The van der Waals surface area contributed by atoms with Crippen LogP contribution in [0.2, 0.25) is 0 Å². The van der Waals surface area contributed by atoms with E-state index in [4.69, 9.17) is 10.8 Å². The standard InChI is InChI=1S/C11H18N2O3S/c1-7-4-5-10(9(3)11(7)12)17(15,16)13-6-8(2)14/h4-5,8,13-14H,6,12H2,1-3H3/t8-/m1/s1. The van der Waals surface area contributed by atoms with E-state index in [2.05, 4.69) is 4.72 Å². The molecule has 0 radical (unpaired) electrons. The van der Waals surface area contributed by atoms with E-state index in [0.717, 1.165) is 5.56 Å². The molecule has 1 atom stereocenters. The minimum absolute atomic E-state index is 0.0183. The number of anilines is 1. The molecular weight excluding hydrogens is 240 g/mol. The molecule has 96 valence electrons. The van der Waals surface area contributed by atoms with Crippen molar-refractivity contribution in [3.8, 4) is 0 Å². The van der Waals surface area contributed by atoms with Crippen molar-refractivity contribution >= 4 is 15.7 Å². The van der Waals surface area contributed by atoms with Gasteiger partial charge < -0.3 is 10.8 Å². The monoisotopic (exact) mass is 258 g/mol. The van der Waals surface area contributed by atoms with Crippen molar-refractivity contribution in [2.24, 2.45) is 0 Å². The summed E-state index contributed by atoms with van der Waals surface area (Å²) in [5.74, 6) is 0. The van der Waals surface area contributed by atoms with Crippen LogP contribution < -0.4 is 10.5 Å². The van der Waals surface area contributed by atoms with Gasteiger partial charge in [-0.1, -0.05) is 6.07 Å². The normalized spacial score (nSPS) is 13.6. The lowest BCUT2D eigenvalue weighted by atomic mass is 10.1. The van der Waals surface area contributed by atoms with Gasteiger partial charge in [0.05, 0.1) is 11.0 Å². The van der Waals surface area contributed by atoms with Gasteiger partial charge in [0.25, 0.3) is 0 Å². The Bertz CT molecular complexity index is 510. The van der Waals surface area contributed by atoms with Crippen LogP contribution in [0.25, 0.3) is 0 Å². The van der Waals surface area contributed by atoms with Gasteiger partial charge in [-0.3, -0.25) is 0 Å². The minimum atomic E-state index is -3.62. The lowest BCUT2D eigenvalue weighted by Crippen LogP contribution is -2.31. The number of sulfonamides is 1. The van der Waals surface area contributed by atoms with Crippen LogP contribution in [0, 0.1) is 13.8 Å². The summed E-state index contributed by atoms with van der Waals surface area (Å²) in [5.41, 5.74) is 7.65. The predicted octanol–water partition coefficient (Wildman–Crippen LogP) is 0.545. The number of nitrogens with two attached hydrogens (primary N) is 1. The number of aryl methyl sites for hydroxylation is 1. The summed E-state index contributed by atoms with van der Waals surface area (Å²) in [4.78, 5) is 0.154. The van der Waals surface area contributed by atoms with E-state index in [1.54, 1.807) is 13.0 Å². The van der Waals surface area contributed by atoms with Gasteiger partial charge in [-0.25, -0.2) is 13.1 Å². The second-order valence-corrected chi connectivity index (χ2v) is 5.86. The van der Waals surface area contributed by atoms with Crippen LogP contribution in [0.1, 0.15) is 18.1 Å². The highest BCUT2D eigenvalue weighted by molar-refractivity contribution is 7.89. The van der Waals surface area contributed by atoms with E-state index in [9.17, 15) is 8.42 Å². The van der Waals surface area contributed by atoms with Gasteiger partial charge in [0.2, 0.25) is 10.0 Å². The molecule has 1 aromatic carbocycles. The fourth-order valence-corrected chi connectivity index (χ4v) is 2.82. The molecule has 0 aromatic heterocycles. The highest BCUT2D eigenvalue weighted by atomic mass is 32.2. The van der Waals surface area contributed by atoms with Gasteiger partial charge in [-0.2, -0.15) is 0 Å². The van der Waals surface area contributed by atoms with Crippen LogP contribution in [0.4, 0.5) is 5.69 Å². The van der Waals surface area contributed by atoms with Crippen molar-refractivity contribution in [2.75, 3.05) is 12.3 Å². The average molecular weight is 258 g/mol. The van der Waals surface area contributed by atoms with Gasteiger partial charge in [0.1, 0.15) is 0 Å². The van der Waals surface area contributed by atoms with E-state index in [1.165, 1.54) is 13.0 Å². The molecule has 0 aliphatic carbocycles. The van der Waals surface area contributed by atoms with E-state index < -0.39 is 16.1 Å². The Kier molecular flexibility index (Phi) is 4.13. The first-order valence-corrected chi connectivity index (χ1v) is 6.77. The Labute approximate surface area is 102 Å². The molecule has 0 fully saturated rings. The zero-order chi connectivity index (χ0) is 13.2. The SMILES string of the molecule is Cc1ccc(S(=O)(=O)NC[C@@H](C)O)c(C)c1N. The van der Waals surface area contributed by atoms with Crippen LogP contribution in [0.5, 0.6) is 0 Å². The van der Waals surface area contributed by atoms with Gasteiger partial charge >= 0.3 is 0 Å². The predicted molar refractivity (Wildman–Crippen MR) is 67.2 cm³/mol. The van der Waals surface area contributed by atoms with Gasteiger partial charge in [-0.05, 0) is 38.0 Å². The first-order chi connectivity index (χ1) is 7.75. The highest BCUT2D eigenvalue weighted by Crippen LogP contribution is 2.23. The number of nitrogens with one attached hydrogen (secondary N) is 1. The van der Waals surface area contributed by atoms with Gasteiger partial charge in [0, 0.05) is 12.2 Å². The average Bonchev–Trinajstić information content (AvgIpc) is 2.23. The van der Waals surface area contributed by atoms with Crippen molar-refractivity contribution in [2.45, 2.75) is 31.8 Å². The van der Waals surface area contributed by atoms with Crippen LogP contribution >= 0.6 is 0 Å². The topological polar surface area (TPSA) is 92.4 Å². The smallest absolute Gasteiger partial charge is 0.240 e. The molecule has 0 unspecified atom stereocenters. The highest BCUT2D eigenvalue weighted by Gasteiger charge is 2.18. The maximum atomic E-state index is 11.9. The third-order valence-electron chi connectivity index (χ3n) is 2.54. The number of nitrogen functional groups attached to an aromatic ring is 1. The fourth-order valence-electron chi connectivity index (χ4n) is 1.44. The molecule has 1 rings (SSSR count). The summed E-state index contributed by atoms with van der Waals surface area (Å²) in [7, 11) is -3.62. The maximum Gasteiger partial charge on any atom is 0.240 e. The van der Waals surface area contributed by atoms with Crippen molar-refractivity contribution in [1.29, 1.82) is 0 Å². The molecule has 0 bridgehead atoms. The summed E-state index contributed by atoms with van der Waals surface area (Å²) in [5, 5.41) is 9.08. The molecule has 0 spiro atoms. The number of rotatable bonds is 4. The molecule has 5 nitrogen and oxygen atoms in total. The summed E-state index contributed by atoms with van der Waals surface area (Å²) in [6, 6.07) is 3.19. The Balaban J connectivity index is 3.12. The third kappa shape index (κ3) is 3.18. The molecule has 1 aromatic rings. The molecule has 0 heterocycles. The molecule has 0 saturated carbocycles. The Morgan fingerprint density at radius 2 is 2.00 bits per heavy atom. The third-order valence-corrected chi connectivity index (χ3v) is 4.11. The number of hydrogen-bond donors (Lipinski definition) is 3. The molecule has 0 aliphatic rings. The molecular formula is C11H18N2O3S. The molecule has 0 saturated heterocycles. The van der Waals surface area contributed by atoms with Crippen molar-refractivity contribution < 1.29 is 13.5 Å². The Morgan fingerprint density at radius 3 is 2.53 bits per heavy atom. The van der Waals surface area contributed by atoms with Crippen LogP contribution in [-0.2, 0) is 10.0 Å². The zero-order valence-corrected chi connectivity index (χ0v) is 11.0. The quantitative estimate of drug-likeness (QED) is 0.687. The minimum Gasteiger partial charge on any atom is -0.398 e. The summed E-state index contributed by atoms with van der Waals surface area (Å²) in [6.45, 7) is 4.98. The first-order valence-electron chi connectivity index (χ1n) is 5.29. The fraction of sp³-hybridized carbons (Fsp3) is 0.455. The lowest BCUT2D eigenvalue weighted by molar-refractivity contribution is 0.198.